The first-order valence-corrected chi connectivity index (χ1v) is 5.59. The summed E-state index contributed by atoms with van der Waals surface area (Å²) in [6, 6.07) is 0. The second kappa shape index (κ2) is 8.07. The van der Waals surface area contributed by atoms with Gasteiger partial charge in [0, 0.05) is 18.0 Å². The lowest BCUT2D eigenvalue weighted by molar-refractivity contribution is 0.558. The average Bonchev–Trinajstić information content (AvgIpc) is 2.58. The Morgan fingerprint density at radius 3 is 2.62 bits per heavy atom. The van der Waals surface area contributed by atoms with Gasteiger partial charge in [0.1, 0.15) is 0 Å². The molecular formula is C8H13NO2S2. The van der Waals surface area contributed by atoms with Gasteiger partial charge in [-0.25, -0.2) is 4.98 Å². The van der Waals surface area contributed by atoms with Crippen LogP contribution in [0.1, 0.15) is 25.3 Å². The maximum atomic E-state index is 8.29. The molecule has 0 fully saturated rings. The molecule has 0 saturated heterocycles. The Morgan fingerprint density at radius 1 is 1.62 bits per heavy atom. The van der Waals surface area contributed by atoms with E-state index in [2.05, 4.69) is 18.8 Å². The highest BCUT2D eigenvalue weighted by molar-refractivity contribution is 7.51. The third-order valence-electron chi connectivity index (χ3n) is 1.70. The van der Waals surface area contributed by atoms with Crippen LogP contribution < -0.4 is 0 Å². The molecule has 0 aliphatic carbocycles. The zero-order valence-corrected chi connectivity index (χ0v) is 9.36. The summed E-state index contributed by atoms with van der Waals surface area (Å²) in [6.07, 6.45) is 4.27. The van der Waals surface area contributed by atoms with Gasteiger partial charge in [0.15, 0.2) is 0 Å². The van der Waals surface area contributed by atoms with Crippen molar-refractivity contribution < 1.29 is 8.42 Å². The minimum Gasteiger partial charge on any atom is -0.250 e. The normalized spacial score (nSPS) is 11.2. The van der Waals surface area contributed by atoms with Gasteiger partial charge in [-0.3, -0.25) is 0 Å². The van der Waals surface area contributed by atoms with Gasteiger partial charge in [-0.05, 0) is 5.92 Å². The lowest BCUT2D eigenvalue weighted by Gasteiger charge is -2.03. The van der Waals surface area contributed by atoms with E-state index in [-0.39, 0.29) is 0 Å². The largest absolute Gasteiger partial charge is 0.335 e. The topological polar surface area (TPSA) is 47.0 Å². The number of aromatic nitrogens is 1. The Kier molecular flexibility index (Phi) is 7.73. The van der Waals surface area contributed by atoms with Crippen LogP contribution in [0.2, 0.25) is 0 Å². The molecule has 0 bridgehead atoms. The van der Waals surface area contributed by atoms with E-state index in [4.69, 9.17) is 8.42 Å². The fourth-order valence-corrected chi connectivity index (χ4v) is 1.58. The maximum absolute atomic E-state index is 8.29. The predicted molar refractivity (Wildman–Crippen MR) is 54.2 cm³/mol. The molecule has 0 amide bonds. The fourth-order valence-electron chi connectivity index (χ4n) is 0.796. The zero-order chi connectivity index (χ0) is 10.1. The Hall–Kier alpha value is -0.550. The van der Waals surface area contributed by atoms with Crippen molar-refractivity contribution in [3.63, 3.8) is 0 Å². The van der Waals surface area contributed by atoms with E-state index in [1.54, 1.807) is 11.3 Å². The monoisotopic (exact) mass is 219 g/mol. The highest BCUT2D eigenvalue weighted by Crippen LogP contribution is 2.12. The first-order valence-electron chi connectivity index (χ1n) is 4.04. The van der Waals surface area contributed by atoms with Crippen LogP contribution in [0.15, 0.2) is 11.6 Å². The molecule has 0 saturated carbocycles. The number of thiazole rings is 1. The van der Waals surface area contributed by atoms with E-state index in [1.165, 1.54) is 11.4 Å². The van der Waals surface area contributed by atoms with Gasteiger partial charge in [-0.1, -0.05) is 20.3 Å². The molecule has 0 aliphatic heterocycles. The van der Waals surface area contributed by atoms with Crippen LogP contribution in [-0.4, -0.2) is 13.4 Å². The van der Waals surface area contributed by atoms with E-state index in [0.717, 1.165) is 12.3 Å². The molecule has 0 aliphatic rings. The number of rotatable bonds is 3. The first-order chi connectivity index (χ1) is 6.24. The SMILES string of the molecule is CC[C@@H](C)Cc1nccs1.O=S=O. The van der Waals surface area contributed by atoms with Crippen LogP contribution >= 0.6 is 11.3 Å². The molecule has 1 atom stereocenters. The van der Waals surface area contributed by atoms with E-state index < -0.39 is 11.6 Å². The summed E-state index contributed by atoms with van der Waals surface area (Å²) in [5.74, 6) is 0.783. The smallest absolute Gasteiger partial charge is 0.250 e. The van der Waals surface area contributed by atoms with Crippen molar-refractivity contribution in [3.8, 4) is 0 Å². The summed E-state index contributed by atoms with van der Waals surface area (Å²) in [6.45, 7) is 4.49. The van der Waals surface area contributed by atoms with E-state index in [0.29, 0.717) is 0 Å². The molecule has 13 heavy (non-hydrogen) atoms. The fraction of sp³-hybridized carbons (Fsp3) is 0.625. The summed E-state index contributed by atoms with van der Waals surface area (Å²) in [7, 11) is 0. The second-order valence-corrected chi connectivity index (χ2v) is 3.83. The van der Waals surface area contributed by atoms with Gasteiger partial charge in [-0.2, -0.15) is 8.42 Å². The van der Waals surface area contributed by atoms with Gasteiger partial charge in [0.25, 0.3) is 0 Å². The van der Waals surface area contributed by atoms with Gasteiger partial charge < -0.3 is 0 Å². The van der Waals surface area contributed by atoms with Crippen LogP contribution in [0.4, 0.5) is 0 Å². The summed E-state index contributed by atoms with van der Waals surface area (Å²) < 4.78 is 16.6. The van der Waals surface area contributed by atoms with Gasteiger partial charge in [-0.15, -0.1) is 11.3 Å². The van der Waals surface area contributed by atoms with E-state index >= 15 is 0 Å². The molecule has 0 aromatic carbocycles. The lowest BCUT2D eigenvalue weighted by atomic mass is 10.1. The summed E-state index contributed by atoms with van der Waals surface area (Å²) in [5.41, 5.74) is 0. The van der Waals surface area contributed by atoms with E-state index in [1.807, 2.05) is 11.6 Å². The van der Waals surface area contributed by atoms with Crippen LogP contribution in [0.3, 0.4) is 0 Å². The molecule has 1 aromatic rings. The maximum Gasteiger partial charge on any atom is 0.335 e. The molecule has 0 unspecified atom stereocenters. The lowest BCUT2D eigenvalue weighted by Crippen LogP contribution is -1.96. The minimum atomic E-state index is -0.750. The molecule has 0 spiro atoms. The van der Waals surface area contributed by atoms with Crippen molar-refractivity contribution >= 4 is 22.9 Å². The molecule has 3 nitrogen and oxygen atoms in total. The molecule has 74 valence electrons. The van der Waals surface area contributed by atoms with Crippen LogP contribution in [0.5, 0.6) is 0 Å². The minimum absolute atomic E-state index is 0.750. The van der Waals surface area contributed by atoms with Crippen molar-refractivity contribution in [1.29, 1.82) is 0 Å². The zero-order valence-electron chi connectivity index (χ0n) is 7.73. The summed E-state index contributed by atoms with van der Waals surface area (Å²) in [5, 5.41) is 3.31. The molecular weight excluding hydrogens is 206 g/mol. The van der Waals surface area contributed by atoms with Crippen molar-refractivity contribution in [2.45, 2.75) is 26.7 Å². The molecule has 1 rings (SSSR count). The van der Waals surface area contributed by atoms with Crippen molar-refractivity contribution in [2.24, 2.45) is 5.92 Å². The first kappa shape index (κ1) is 12.4. The highest BCUT2D eigenvalue weighted by Gasteiger charge is 2.01. The van der Waals surface area contributed by atoms with E-state index in [9.17, 15) is 0 Å². The Labute approximate surface area is 85.8 Å². The van der Waals surface area contributed by atoms with Crippen LogP contribution in [0.25, 0.3) is 0 Å². The van der Waals surface area contributed by atoms with Gasteiger partial charge >= 0.3 is 11.6 Å². The Balaban J connectivity index is 0.000000424. The number of hydrogen-bond donors (Lipinski definition) is 0. The number of hydrogen-bond acceptors (Lipinski definition) is 4. The molecule has 0 N–H and O–H groups in total. The molecule has 0 radical (unpaired) electrons. The van der Waals surface area contributed by atoms with Crippen molar-refractivity contribution in [3.05, 3.63) is 16.6 Å². The Bertz CT molecular complexity index is 243. The van der Waals surface area contributed by atoms with Crippen molar-refractivity contribution in [1.82, 2.24) is 4.98 Å². The molecule has 1 aromatic heterocycles. The van der Waals surface area contributed by atoms with Crippen LogP contribution in [-0.2, 0) is 18.0 Å². The average molecular weight is 219 g/mol. The van der Waals surface area contributed by atoms with Gasteiger partial charge in [0.2, 0.25) is 0 Å². The highest BCUT2D eigenvalue weighted by atomic mass is 32.1. The van der Waals surface area contributed by atoms with Crippen molar-refractivity contribution in [2.75, 3.05) is 0 Å². The third kappa shape index (κ3) is 6.60. The molecule has 5 heteroatoms. The standard InChI is InChI=1S/C8H13NS.O2S/c1-3-7(2)6-8-9-4-5-10-8;1-3-2/h4-5,7H,3,6H2,1-2H3;/t7-;/m1./s1. The summed E-state index contributed by atoms with van der Waals surface area (Å²) in [4.78, 5) is 4.22. The number of nitrogens with zero attached hydrogens (tertiary/aromatic N) is 1. The van der Waals surface area contributed by atoms with Crippen LogP contribution in [0, 0.1) is 5.92 Å². The Morgan fingerprint density at radius 2 is 2.23 bits per heavy atom. The summed E-state index contributed by atoms with van der Waals surface area (Å²) >= 11 is 1.01. The second-order valence-electron chi connectivity index (χ2n) is 2.71. The predicted octanol–water partition coefficient (Wildman–Crippen LogP) is 2.06. The molecule has 1 heterocycles. The quantitative estimate of drug-likeness (QED) is 0.781. The van der Waals surface area contributed by atoms with Gasteiger partial charge in [0.05, 0.1) is 5.01 Å². The third-order valence-corrected chi connectivity index (χ3v) is 2.51.